The van der Waals surface area contributed by atoms with Crippen LogP contribution in [0.5, 0.6) is 0 Å². The quantitative estimate of drug-likeness (QED) is 0.851. The van der Waals surface area contributed by atoms with Gasteiger partial charge in [-0.15, -0.1) is 0 Å². The van der Waals surface area contributed by atoms with Gasteiger partial charge in [0.05, 0.1) is 12.2 Å². The molecule has 1 aliphatic carbocycles. The van der Waals surface area contributed by atoms with Crippen molar-refractivity contribution in [2.45, 2.75) is 85.0 Å². The summed E-state index contributed by atoms with van der Waals surface area (Å²) in [5, 5.41) is 3.50. The van der Waals surface area contributed by atoms with Crippen LogP contribution in [0, 0.1) is 11.3 Å². The summed E-state index contributed by atoms with van der Waals surface area (Å²) in [6, 6.07) is 0.493. The van der Waals surface area contributed by atoms with Crippen LogP contribution < -0.4 is 5.32 Å². The minimum atomic E-state index is 0.0370. The molecular weight excluding hydrogens is 236 g/mol. The van der Waals surface area contributed by atoms with Gasteiger partial charge in [0, 0.05) is 6.04 Å². The fourth-order valence-corrected chi connectivity index (χ4v) is 3.56. The minimum absolute atomic E-state index is 0.0370. The highest BCUT2D eigenvalue weighted by Gasteiger charge is 2.43. The van der Waals surface area contributed by atoms with Gasteiger partial charge in [0.25, 0.3) is 0 Å². The zero-order chi connectivity index (χ0) is 14.2. The van der Waals surface area contributed by atoms with Gasteiger partial charge in [-0.2, -0.15) is 0 Å². The largest absolute Gasteiger partial charge is 0.323 e. The number of hydrogen-bond donors (Lipinski definition) is 1. The molecule has 1 heterocycles. The molecule has 1 saturated heterocycles. The van der Waals surface area contributed by atoms with E-state index in [1.54, 1.807) is 0 Å². The first kappa shape index (κ1) is 14.8. The molecule has 1 saturated carbocycles. The van der Waals surface area contributed by atoms with E-state index in [-0.39, 0.29) is 12.2 Å². The predicted octanol–water partition coefficient (Wildman–Crippen LogP) is 3.15. The monoisotopic (exact) mass is 266 g/mol. The molecule has 0 radical (unpaired) electrons. The lowest BCUT2D eigenvalue weighted by atomic mass is 9.75. The molecule has 0 aromatic rings. The van der Waals surface area contributed by atoms with Gasteiger partial charge in [-0.05, 0) is 43.9 Å². The maximum Gasteiger partial charge on any atom is 0.241 e. The number of amides is 1. The van der Waals surface area contributed by atoms with E-state index in [4.69, 9.17) is 0 Å². The molecule has 1 aliphatic heterocycles. The smallest absolute Gasteiger partial charge is 0.241 e. The summed E-state index contributed by atoms with van der Waals surface area (Å²) in [5.41, 5.74) is 0.464. The van der Waals surface area contributed by atoms with Crippen molar-refractivity contribution < 1.29 is 4.79 Å². The summed E-state index contributed by atoms with van der Waals surface area (Å²) in [5.74, 6) is 0.770. The molecule has 0 bridgehead atoms. The van der Waals surface area contributed by atoms with Crippen molar-refractivity contribution in [3.63, 3.8) is 0 Å². The molecule has 110 valence electrons. The second-order valence-corrected chi connectivity index (χ2v) is 7.35. The Hall–Kier alpha value is -0.570. The van der Waals surface area contributed by atoms with Crippen LogP contribution >= 0.6 is 0 Å². The van der Waals surface area contributed by atoms with Gasteiger partial charge >= 0.3 is 0 Å². The summed E-state index contributed by atoms with van der Waals surface area (Å²) in [6.45, 7) is 11.2. The van der Waals surface area contributed by atoms with Gasteiger partial charge in [0.1, 0.15) is 0 Å². The summed E-state index contributed by atoms with van der Waals surface area (Å²) in [6.07, 6.45) is 6.07. The summed E-state index contributed by atoms with van der Waals surface area (Å²) >= 11 is 0. The molecule has 0 aromatic carbocycles. The van der Waals surface area contributed by atoms with E-state index in [9.17, 15) is 4.79 Å². The lowest BCUT2D eigenvalue weighted by Gasteiger charge is -2.40. The first-order chi connectivity index (χ1) is 8.85. The zero-order valence-electron chi connectivity index (χ0n) is 13.2. The van der Waals surface area contributed by atoms with Crippen molar-refractivity contribution >= 4 is 5.91 Å². The van der Waals surface area contributed by atoms with Crippen molar-refractivity contribution in [3.8, 4) is 0 Å². The molecule has 2 rings (SSSR count). The van der Waals surface area contributed by atoms with Gasteiger partial charge in [-0.25, -0.2) is 0 Å². The second-order valence-electron chi connectivity index (χ2n) is 7.35. The molecular formula is C16H30N2O. The normalized spacial score (nSPS) is 33.7. The Labute approximate surface area is 118 Å². The fourth-order valence-electron chi connectivity index (χ4n) is 3.56. The van der Waals surface area contributed by atoms with Crippen molar-refractivity contribution in [3.05, 3.63) is 0 Å². The number of rotatable bonds is 3. The van der Waals surface area contributed by atoms with Crippen LogP contribution in [0.4, 0.5) is 0 Å². The number of nitrogens with one attached hydrogen (secondary N) is 1. The van der Waals surface area contributed by atoms with Gasteiger partial charge in [-0.3, -0.25) is 10.1 Å². The van der Waals surface area contributed by atoms with Crippen LogP contribution in [0.2, 0.25) is 0 Å². The highest BCUT2D eigenvalue weighted by atomic mass is 16.2. The maximum atomic E-state index is 12.6. The number of nitrogens with zero attached hydrogens (tertiary/aromatic N) is 1. The zero-order valence-corrected chi connectivity index (χ0v) is 13.2. The van der Waals surface area contributed by atoms with E-state index in [1.807, 2.05) is 0 Å². The topological polar surface area (TPSA) is 32.3 Å². The van der Waals surface area contributed by atoms with Gasteiger partial charge < -0.3 is 4.90 Å². The third kappa shape index (κ3) is 2.96. The Bertz CT molecular complexity index is 330. The standard InChI is InChI=1S/C16H30N2O/c1-6-11(2)14-15(19)18(12(3)17-14)13-7-9-16(4,5)10-8-13/h11-14,17H,6-10H2,1-5H3. The number of hydrogen-bond acceptors (Lipinski definition) is 2. The lowest BCUT2D eigenvalue weighted by molar-refractivity contribution is -0.134. The Balaban J connectivity index is 2.03. The molecule has 3 atom stereocenters. The summed E-state index contributed by atoms with van der Waals surface area (Å²) < 4.78 is 0. The van der Waals surface area contributed by atoms with Gasteiger partial charge in [0.15, 0.2) is 0 Å². The first-order valence-corrected chi connectivity index (χ1v) is 7.94. The minimum Gasteiger partial charge on any atom is -0.323 e. The fraction of sp³-hybridized carbons (Fsp3) is 0.938. The molecule has 19 heavy (non-hydrogen) atoms. The van der Waals surface area contributed by atoms with Crippen LogP contribution in [-0.2, 0) is 4.79 Å². The Morgan fingerprint density at radius 3 is 2.47 bits per heavy atom. The van der Waals surface area contributed by atoms with E-state index in [2.05, 4.69) is 44.8 Å². The Morgan fingerprint density at radius 1 is 1.37 bits per heavy atom. The van der Waals surface area contributed by atoms with Crippen molar-refractivity contribution in [1.29, 1.82) is 0 Å². The van der Waals surface area contributed by atoms with E-state index in [0.29, 0.717) is 23.3 Å². The molecule has 0 aromatic heterocycles. The average molecular weight is 266 g/mol. The van der Waals surface area contributed by atoms with Crippen LogP contribution in [-0.4, -0.2) is 29.1 Å². The molecule has 3 heteroatoms. The van der Waals surface area contributed by atoms with E-state index >= 15 is 0 Å². The van der Waals surface area contributed by atoms with E-state index in [0.717, 1.165) is 19.3 Å². The van der Waals surface area contributed by atoms with Crippen molar-refractivity contribution in [1.82, 2.24) is 10.2 Å². The first-order valence-electron chi connectivity index (χ1n) is 7.94. The lowest BCUT2D eigenvalue weighted by Crippen LogP contribution is -2.45. The number of carbonyl (C=O) groups is 1. The molecule has 3 unspecified atom stereocenters. The van der Waals surface area contributed by atoms with Crippen molar-refractivity contribution in [2.75, 3.05) is 0 Å². The van der Waals surface area contributed by atoms with E-state index < -0.39 is 0 Å². The summed E-state index contributed by atoms with van der Waals surface area (Å²) in [7, 11) is 0. The second kappa shape index (κ2) is 5.43. The maximum absolute atomic E-state index is 12.6. The van der Waals surface area contributed by atoms with Crippen LogP contribution in [0.1, 0.15) is 66.7 Å². The highest BCUT2D eigenvalue weighted by molar-refractivity contribution is 5.84. The number of carbonyl (C=O) groups excluding carboxylic acids is 1. The van der Waals surface area contributed by atoms with Crippen LogP contribution in [0.15, 0.2) is 0 Å². The third-order valence-electron chi connectivity index (χ3n) is 5.27. The molecule has 1 N–H and O–H groups in total. The SMILES string of the molecule is CCC(C)C1NC(C)N(C2CCC(C)(C)CC2)C1=O. The predicted molar refractivity (Wildman–Crippen MR) is 78.7 cm³/mol. The summed E-state index contributed by atoms with van der Waals surface area (Å²) in [4.78, 5) is 14.8. The van der Waals surface area contributed by atoms with Gasteiger partial charge in [0.2, 0.25) is 5.91 Å². The molecule has 0 spiro atoms. The van der Waals surface area contributed by atoms with Crippen molar-refractivity contribution in [2.24, 2.45) is 11.3 Å². The van der Waals surface area contributed by atoms with Gasteiger partial charge in [-0.1, -0.05) is 34.1 Å². The average Bonchev–Trinajstić information content (AvgIpc) is 2.65. The molecule has 2 fully saturated rings. The molecule has 2 aliphatic rings. The van der Waals surface area contributed by atoms with Crippen LogP contribution in [0.25, 0.3) is 0 Å². The Kier molecular flexibility index (Phi) is 4.24. The molecule has 1 amide bonds. The van der Waals surface area contributed by atoms with Crippen LogP contribution in [0.3, 0.4) is 0 Å². The van der Waals surface area contributed by atoms with E-state index in [1.165, 1.54) is 12.8 Å². The third-order valence-corrected chi connectivity index (χ3v) is 5.27. The molecule has 3 nitrogen and oxygen atoms in total. The highest BCUT2D eigenvalue weighted by Crippen LogP contribution is 2.38. The Morgan fingerprint density at radius 2 is 1.95 bits per heavy atom.